The number of rotatable bonds is 2. The van der Waals surface area contributed by atoms with Crippen LogP contribution in [0.2, 0.25) is 0 Å². The summed E-state index contributed by atoms with van der Waals surface area (Å²) in [5, 5.41) is 10.1. The highest BCUT2D eigenvalue weighted by Gasteiger charge is 2.16. The molecule has 0 saturated heterocycles. The quantitative estimate of drug-likeness (QED) is 0.765. The average Bonchev–Trinajstić information content (AvgIpc) is 2.77. The Morgan fingerprint density at radius 1 is 1.42 bits per heavy atom. The summed E-state index contributed by atoms with van der Waals surface area (Å²) >= 11 is 0. The van der Waals surface area contributed by atoms with Crippen molar-refractivity contribution in [3.63, 3.8) is 0 Å². The summed E-state index contributed by atoms with van der Waals surface area (Å²) in [7, 11) is 1.59. The molecular weight excluding hydrogens is 244 g/mol. The maximum Gasteiger partial charge on any atom is 0.339 e. The highest BCUT2D eigenvalue weighted by molar-refractivity contribution is 6.01. The Morgan fingerprint density at radius 2 is 2.21 bits per heavy atom. The van der Waals surface area contributed by atoms with E-state index in [4.69, 9.17) is 4.74 Å². The Labute approximate surface area is 109 Å². The van der Waals surface area contributed by atoms with E-state index in [2.05, 4.69) is 4.98 Å². The van der Waals surface area contributed by atoms with Gasteiger partial charge in [-0.15, -0.1) is 0 Å². The summed E-state index contributed by atoms with van der Waals surface area (Å²) in [4.78, 5) is 15.6. The van der Waals surface area contributed by atoms with E-state index < -0.39 is 5.97 Å². The molecule has 2 aromatic heterocycles. The number of fused-ring (bicyclic) bond motifs is 3. The number of methoxy groups -OCH3 is 1. The third-order valence-corrected chi connectivity index (χ3v) is 3.09. The number of aromatic carboxylic acids is 1. The highest BCUT2D eigenvalue weighted by Crippen LogP contribution is 2.28. The van der Waals surface area contributed by atoms with Gasteiger partial charge < -0.3 is 9.84 Å². The summed E-state index contributed by atoms with van der Waals surface area (Å²) in [6, 6.07) is 7.17. The predicted molar refractivity (Wildman–Crippen MR) is 70.9 cm³/mol. The van der Waals surface area contributed by atoms with Crippen LogP contribution < -0.4 is 4.74 Å². The molecule has 3 aromatic rings. The van der Waals surface area contributed by atoms with Crippen LogP contribution >= 0.6 is 0 Å². The van der Waals surface area contributed by atoms with Crippen LogP contribution in [-0.4, -0.2) is 27.6 Å². The van der Waals surface area contributed by atoms with Gasteiger partial charge in [0.2, 0.25) is 0 Å². The van der Waals surface area contributed by atoms with E-state index in [0.717, 1.165) is 16.6 Å². The number of benzene rings is 1. The third kappa shape index (κ3) is 1.62. The highest BCUT2D eigenvalue weighted by atomic mass is 16.5. The van der Waals surface area contributed by atoms with Crippen LogP contribution in [0, 0.1) is 6.92 Å². The number of imidazole rings is 1. The van der Waals surface area contributed by atoms with Crippen molar-refractivity contribution in [1.82, 2.24) is 9.38 Å². The molecule has 0 amide bonds. The van der Waals surface area contributed by atoms with Gasteiger partial charge in [-0.25, -0.2) is 9.78 Å². The number of carboxylic acids is 1. The zero-order valence-corrected chi connectivity index (χ0v) is 10.5. The lowest BCUT2D eigenvalue weighted by Crippen LogP contribution is -2.02. The van der Waals surface area contributed by atoms with Crippen LogP contribution in [0.5, 0.6) is 5.75 Å². The first-order valence-corrected chi connectivity index (χ1v) is 5.80. The number of ether oxygens (including phenoxy) is 1. The second-order valence-corrected chi connectivity index (χ2v) is 4.34. The normalized spacial score (nSPS) is 11.1. The largest absolute Gasteiger partial charge is 0.495 e. The fourth-order valence-electron chi connectivity index (χ4n) is 2.31. The van der Waals surface area contributed by atoms with Crippen LogP contribution in [-0.2, 0) is 0 Å². The first-order valence-electron chi connectivity index (χ1n) is 5.80. The zero-order chi connectivity index (χ0) is 13.6. The number of hydrogen-bond donors (Lipinski definition) is 1. The lowest BCUT2D eigenvalue weighted by Gasteiger charge is -2.09. The van der Waals surface area contributed by atoms with Gasteiger partial charge in [-0.05, 0) is 19.1 Å². The Hall–Kier alpha value is -2.56. The first-order chi connectivity index (χ1) is 9.11. The molecule has 19 heavy (non-hydrogen) atoms. The molecule has 96 valence electrons. The molecule has 0 radical (unpaired) electrons. The zero-order valence-electron chi connectivity index (χ0n) is 10.5. The van der Waals surface area contributed by atoms with Crippen LogP contribution in [0.3, 0.4) is 0 Å². The van der Waals surface area contributed by atoms with E-state index in [0.29, 0.717) is 11.4 Å². The molecule has 0 spiro atoms. The van der Waals surface area contributed by atoms with Crippen LogP contribution in [0.1, 0.15) is 16.1 Å². The van der Waals surface area contributed by atoms with Gasteiger partial charge in [-0.3, -0.25) is 4.40 Å². The van der Waals surface area contributed by atoms with E-state index in [9.17, 15) is 9.90 Å². The minimum atomic E-state index is -0.986. The second-order valence-electron chi connectivity index (χ2n) is 4.34. The summed E-state index contributed by atoms with van der Waals surface area (Å²) < 4.78 is 7.12. The summed E-state index contributed by atoms with van der Waals surface area (Å²) in [6.45, 7) is 1.83. The second kappa shape index (κ2) is 3.98. The van der Waals surface area contributed by atoms with Crippen molar-refractivity contribution in [2.75, 3.05) is 7.11 Å². The van der Waals surface area contributed by atoms with Crippen molar-refractivity contribution >= 4 is 22.5 Å². The van der Waals surface area contributed by atoms with Crippen LogP contribution in [0.25, 0.3) is 16.6 Å². The molecule has 1 N–H and O–H groups in total. The van der Waals surface area contributed by atoms with E-state index in [1.54, 1.807) is 17.6 Å². The molecule has 0 unspecified atom stereocenters. The third-order valence-electron chi connectivity index (χ3n) is 3.09. The topological polar surface area (TPSA) is 63.8 Å². The Kier molecular flexibility index (Phi) is 2.41. The number of carboxylic acid groups (broad SMARTS) is 1. The molecule has 3 rings (SSSR count). The molecule has 0 aliphatic rings. The SMILES string of the molecule is COc1cccc2cc(C(=O)O)c3nc(C)cn3c12. The van der Waals surface area contributed by atoms with Crippen molar-refractivity contribution in [3.8, 4) is 5.75 Å². The Morgan fingerprint density at radius 3 is 2.89 bits per heavy atom. The van der Waals surface area contributed by atoms with Gasteiger partial charge in [0.25, 0.3) is 0 Å². The van der Waals surface area contributed by atoms with E-state index in [1.807, 2.05) is 31.3 Å². The van der Waals surface area contributed by atoms with Crippen LogP contribution in [0.4, 0.5) is 0 Å². The lowest BCUT2D eigenvalue weighted by molar-refractivity contribution is 0.0698. The van der Waals surface area contributed by atoms with Gasteiger partial charge in [0, 0.05) is 11.6 Å². The number of hydrogen-bond acceptors (Lipinski definition) is 3. The maximum absolute atomic E-state index is 11.3. The molecule has 0 saturated carbocycles. The molecule has 5 nitrogen and oxygen atoms in total. The molecule has 0 fully saturated rings. The minimum absolute atomic E-state index is 0.189. The van der Waals surface area contributed by atoms with Gasteiger partial charge in [0.05, 0.1) is 18.3 Å². The van der Waals surface area contributed by atoms with Crippen molar-refractivity contribution in [3.05, 3.63) is 41.7 Å². The van der Waals surface area contributed by atoms with Gasteiger partial charge >= 0.3 is 5.97 Å². The molecule has 0 aliphatic carbocycles. The molecule has 5 heteroatoms. The Bertz CT molecular complexity index is 805. The predicted octanol–water partition coefficient (Wildman–Crippen LogP) is 2.50. The van der Waals surface area contributed by atoms with Crippen molar-refractivity contribution < 1.29 is 14.6 Å². The van der Waals surface area contributed by atoms with Gasteiger partial charge in [-0.2, -0.15) is 0 Å². The van der Waals surface area contributed by atoms with E-state index >= 15 is 0 Å². The van der Waals surface area contributed by atoms with Crippen molar-refractivity contribution in [2.24, 2.45) is 0 Å². The molecular formula is C14H12N2O3. The fraction of sp³-hybridized carbons (Fsp3) is 0.143. The number of nitrogens with zero attached hydrogens (tertiary/aromatic N) is 2. The first kappa shape index (κ1) is 11.5. The number of pyridine rings is 1. The van der Waals surface area contributed by atoms with Gasteiger partial charge in [-0.1, -0.05) is 12.1 Å². The number of aromatic nitrogens is 2. The van der Waals surface area contributed by atoms with E-state index in [1.165, 1.54) is 0 Å². The average molecular weight is 256 g/mol. The molecule has 0 aliphatic heterocycles. The summed E-state index contributed by atoms with van der Waals surface area (Å²) in [5.41, 5.74) is 2.21. The monoisotopic (exact) mass is 256 g/mol. The smallest absolute Gasteiger partial charge is 0.339 e. The molecule has 0 bridgehead atoms. The van der Waals surface area contributed by atoms with Gasteiger partial charge in [0.15, 0.2) is 5.65 Å². The molecule has 1 aromatic carbocycles. The minimum Gasteiger partial charge on any atom is -0.495 e. The van der Waals surface area contributed by atoms with Crippen molar-refractivity contribution in [2.45, 2.75) is 6.92 Å². The number of para-hydroxylation sites is 1. The number of aryl methyl sites for hydroxylation is 1. The maximum atomic E-state index is 11.3. The number of carbonyl (C=O) groups is 1. The lowest BCUT2D eigenvalue weighted by atomic mass is 10.1. The molecule has 0 atom stereocenters. The summed E-state index contributed by atoms with van der Waals surface area (Å²) in [5.74, 6) is -0.294. The molecule has 2 heterocycles. The summed E-state index contributed by atoms with van der Waals surface area (Å²) in [6.07, 6.45) is 1.81. The van der Waals surface area contributed by atoms with Crippen molar-refractivity contribution in [1.29, 1.82) is 0 Å². The fourth-order valence-corrected chi connectivity index (χ4v) is 2.31. The standard InChI is InChI=1S/C14H12N2O3/c1-8-7-16-12-9(4-3-5-11(12)19-2)6-10(14(17)18)13(16)15-8/h3-7H,1-2H3,(H,17,18). The van der Waals surface area contributed by atoms with Crippen LogP contribution in [0.15, 0.2) is 30.5 Å². The van der Waals surface area contributed by atoms with E-state index in [-0.39, 0.29) is 5.56 Å². The van der Waals surface area contributed by atoms with Gasteiger partial charge in [0.1, 0.15) is 11.3 Å². The Balaban J connectivity index is 2.58.